The maximum absolute atomic E-state index is 12.9. The number of halogens is 3. The molecule has 1 aromatic carbocycles. The Morgan fingerprint density at radius 2 is 1.52 bits per heavy atom. The molecule has 0 spiro atoms. The number of aryl methyl sites for hydroxylation is 1. The molecule has 0 unspecified atom stereocenters. The number of alkyl halides is 3. The summed E-state index contributed by atoms with van der Waals surface area (Å²) in [6, 6.07) is 11.0. The first kappa shape index (κ1) is 15.6. The molecule has 1 aliphatic rings. The third-order valence-electron chi connectivity index (χ3n) is 3.84. The second kappa shape index (κ2) is 6.06. The molecule has 0 bridgehead atoms. The molecule has 1 saturated heterocycles. The summed E-state index contributed by atoms with van der Waals surface area (Å²) in [5.41, 5.74) is 0.243. The van der Waals surface area contributed by atoms with Gasteiger partial charge in [-0.3, -0.25) is 0 Å². The van der Waals surface area contributed by atoms with E-state index in [1.807, 2.05) is 35.2 Å². The second-order valence-electron chi connectivity index (χ2n) is 5.47. The van der Waals surface area contributed by atoms with Crippen LogP contribution in [0.3, 0.4) is 0 Å². The summed E-state index contributed by atoms with van der Waals surface area (Å²) in [5.74, 6) is 0.484. The van der Waals surface area contributed by atoms with Crippen molar-refractivity contribution in [3.63, 3.8) is 0 Å². The number of hydrogen-bond donors (Lipinski definition) is 0. The van der Waals surface area contributed by atoms with E-state index in [2.05, 4.69) is 14.9 Å². The Balaban J connectivity index is 1.74. The summed E-state index contributed by atoms with van der Waals surface area (Å²) in [4.78, 5) is 11.8. The molecule has 122 valence electrons. The van der Waals surface area contributed by atoms with Gasteiger partial charge in [0.1, 0.15) is 17.3 Å². The van der Waals surface area contributed by atoms with Crippen molar-refractivity contribution < 1.29 is 13.2 Å². The van der Waals surface area contributed by atoms with E-state index in [9.17, 15) is 13.2 Å². The molecule has 1 aliphatic heterocycles. The zero-order chi connectivity index (χ0) is 16.4. The van der Waals surface area contributed by atoms with Crippen LogP contribution < -0.4 is 9.80 Å². The minimum Gasteiger partial charge on any atom is -0.368 e. The largest absolute Gasteiger partial charge is 0.433 e. The van der Waals surface area contributed by atoms with Gasteiger partial charge in [-0.25, -0.2) is 9.97 Å². The van der Waals surface area contributed by atoms with Gasteiger partial charge < -0.3 is 9.80 Å². The lowest BCUT2D eigenvalue weighted by Gasteiger charge is -2.36. The van der Waals surface area contributed by atoms with Gasteiger partial charge in [-0.1, -0.05) is 18.2 Å². The van der Waals surface area contributed by atoms with Crippen LogP contribution >= 0.6 is 0 Å². The third-order valence-corrected chi connectivity index (χ3v) is 3.84. The third kappa shape index (κ3) is 3.55. The Labute approximate surface area is 132 Å². The molecule has 3 rings (SSSR count). The SMILES string of the molecule is Cc1nc(N2CCN(c3ccccc3)CC2)cc(C(F)(F)F)n1. The molecule has 2 aromatic rings. The van der Waals surface area contributed by atoms with Crippen molar-refractivity contribution >= 4 is 11.5 Å². The lowest BCUT2D eigenvalue weighted by molar-refractivity contribution is -0.141. The van der Waals surface area contributed by atoms with Gasteiger partial charge in [-0.15, -0.1) is 0 Å². The number of anilines is 2. The monoisotopic (exact) mass is 322 g/mol. The van der Waals surface area contributed by atoms with E-state index in [1.165, 1.54) is 6.92 Å². The van der Waals surface area contributed by atoms with E-state index < -0.39 is 11.9 Å². The van der Waals surface area contributed by atoms with Gasteiger partial charge in [-0.2, -0.15) is 13.2 Å². The highest BCUT2D eigenvalue weighted by atomic mass is 19.4. The normalized spacial score (nSPS) is 15.8. The van der Waals surface area contributed by atoms with Gasteiger partial charge in [0.15, 0.2) is 0 Å². The van der Waals surface area contributed by atoms with Crippen molar-refractivity contribution in [2.45, 2.75) is 13.1 Å². The number of benzene rings is 1. The van der Waals surface area contributed by atoms with Crippen LogP contribution in [0.2, 0.25) is 0 Å². The summed E-state index contributed by atoms with van der Waals surface area (Å²) in [6.07, 6.45) is -4.45. The average molecular weight is 322 g/mol. The lowest BCUT2D eigenvalue weighted by atomic mass is 10.2. The molecule has 0 radical (unpaired) electrons. The predicted molar refractivity (Wildman–Crippen MR) is 82.6 cm³/mol. The van der Waals surface area contributed by atoms with Gasteiger partial charge in [0.25, 0.3) is 0 Å². The molecule has 23 heavy (non-hydrogen) atoms. The molecule has 7 heteroatoms. The molecule has 0 N–H and O–H groups in total. The topological polar surface area (TPSA) is 32.3 Å². The fraction of sp³-hybridized carbons (Fsp3) is 0.375. The molecule has 0 amide bonds. The summed E-state index contributed by atoms with van der Waals surface area (Å²) in [5, 5.41) is 0. The van der Waals surface area contributed by atoms with Gasteiger partial charge >= 0.3 is 6.18 Å². The van der Waals surface area contributed by atoms with Crippen LogP contribution in [0.25, 0.3) is 0 Å². The molecule has 0 aliphatic carbocycles. The van der Waals surface area contributed by atoms with Crippen molar-refractivity contribution in [2.75, 3.05) is 36.0 Å². The number of hydrogen-bond acceptors (Lipinski definition) is 4. The Bertz CT molecular complexity index is 665. The molecule has 2 heterocycles. The fourth-order valence-corrected chi connectivity index (χ4v) is 2.69. The number of piperazine rings is 1. The van der Waals surface area contributed by atoms with E-state index in [0.717, 1.165) is 24.8 Å². The standard InChI is InChI=1S/C16H17F3N4/c1-12-20-14(16(17,18)19)11-15(21-12)23-9-7-22(8-10-23)13-5-3-2-4-6-13/h2-6,11H,7-10H2,1H3. The Morgan fingerprint density at radius 3 is 2.13 bits per heavy atom. The van der Waals surface area contributed by atoms with Crippen LogP contribution in [-0.2, 0) is 6.18 Å². The predicted octanol–water partition coefficient (Wildman–Crippen LogP) is 3.13. The number of nitrogens with zero attached hydrogens (tertiary/aromatic N) is 4. The number of para-hydroxylation sites is 1. The molecule has 1 fully saturated rings. The van der Waals surface area contributed by atoms with E-state index in [0.29, 0.717) is 18.9 Å². The van der Waals surface area contributed by atoms with Gasteiger partial charge in [-0.05, 0) is 19.1 Å². The van der Waals surface area contributed by atoms with Crippen LogP contribution in [0.4, 0.5) is 24.7 Å². The molecular formula is C16H17F3N4. The lowest BCUT2D eigenvalue weighted by Crippen LogP contribution is -2.47. The average Bonchev–Trinajstić information content (AvgIpc) is 2.54. The summed E-state index contributed by atoms with van der Waals surface area (Å²) in [7, 11) is 0. The zero-order valence-electron chi connectivity index (χ0n) is 12.7. The molecule has 1 aromatic heterocycles. The van der Waals surface area contributed by atoms with Crippen LogP contribution in [0.15, 0.2) is 36.4 Å². The first-order valence-electron chi connectivity index (χ1n) is 7.41. The highest BCUT2D eigenvalue weighted by Gasteiger charge is 2.34. The highest BCUT2D eigenvalue weighted by molar-refractivity contribution is 5.49. The van der Waals surface area contributed by atoms with Gasteiger partial charge in [0.2, 0.25) is 0 Å². The van der Waals surface area contributed by atoms with Gasteiger partial charge in [0.05, 0.1) is 0 Å². The van der Waals surface area contributed by atoms with E-state index in [1.54, 1.807) is 0 Å². The van der Waals surface area contributed by atoms with Gasteiger partial charge in [0, 0.05) is 37.9 Å². The Morgan fingerprint density at radius 1 is 0.913 bits per heavy atom. The molecule has 0 saturated carbocycles. The second-order valence-corrected chi connectivity index (χ2v) is 5.47. The zero-order valence-corrected chi connectivity index (χ0v) is 12.7. The number of aromatic nitrogens is 2. The fourth-order valence-electron chi connectivity index (χ4n) is 2.69. The van der Waals surface area contributed by atoms with Crippen molar-refractivity contribution in [1.82, 2.24) is 9.97 Å². The maximum Gasteiger partial charge on any atom is 0.433 e. The van der Waals surface area contributed by atoms with Crippen LogP contribution in [0.1, 0.15) is 11.5 Å². The molecule has 0 atom stereocenters. The summed E-state index contributed by atoms with van der Waals surface area (Å²) < 4.78 is 38.6. The minimum absolute atomic E-state index is 0.139. The van der Waals surface area contributed by atoms with Crippen LogP contribution in [-0.4, -0.2) is 36.1 Å². The Hall–Kier alpha value is -2.31. The quantitative estimate of drug-likeness (QED) is 0.850. The smallest absolute Gasteiger partial charge is 0.368 e. The molecule has 4 nitrogen and oxygen atoms in total. The van der Waals surface area contributed by atoms with Crippen molar-refractivity contribution in [3.05, 3.63) is 47.9 Å². The van der Waals surface area contributed by atoms with Crippen molar-refractivity contribution in [1.29, 1.82) is 0 Å². The minimum atomic E-state index is -4.45. The van der Waals surface area contributed by atoms with E-state index in [4.69, 9.17) is 0 Å². The Kier molecular flexibility index (Phi) is 4.11. The highest BCUT2D eigenvalue weighted by Crippen LogP contribution is 2.30. The van der Waals surface area contributed by atoms with E-state index in [-0.39, 0.29) is 5.82 Å². The number of rotatable bonds is 2. The van der Waals surface area contributed by atoms with Crippen LogP contribution in [0, 0.1) is 6.92 Å². The summed E-state index contributed by atoms with van der Waals surface area (Å²) >= 11 is 0. The van der Waals surface area contributed by atoms with Crippen LogP contribution in [0.5, 0.6) is 0 Å². The van der Waals surface area contributed by atoms with Crippen molar-refractivity contribution in [2.24, 2.45) is 0 Å². The maximum atomic E-state index is 12.9. The molecular weight excluding hydrogens is 305 g/mol. The first-order chi connectivity index (χ1) is 10.9. The van der Waals surface area contributed by atoms with Crippen molar-refractivity contribution in [3.8, 4) is 0 Å². The van der Waals surface area contributed by atoms with E-state index >= 15 is 0 Å². The first-order valence-corrected chi connectivity index (χ1v) is 7.41. The summed E-state index contributed by atoms with van der Waals surface area (Å²) in [6.45, 7) is 4.23.